The Labute approximate surface area is 199 Å². The maximum Gasteiger partial charge on any atom is 0.317 e. The molecule has 2 rings (SSSR count). The first kappa shape index (κ1) is 26.7. The summed E-state index contributed by atoms with van der Waals surface area (Å²) in [5, 5.41) is 31.1. The van der Waals surface area contributed by atoms with Crippen LogP contribution in [-0.4, -0.2) is 87.3 Å². The van der Waals surface area contributed by atoms with E-state index in [0.29, 0.717) is 51.7 Å². The molecule has 9 nitrogen and oxygen atoms in total. The highest BCUT2D eigenvalue weighted by molar-refractivity contribution is 7.79. The topological polar surface area (TPSA) is 130 Å². The number of benzene rings is 1. The third kappa shape index (κ3) is 10.3. The van der Waals surface area contributed by atoms with Gasteiger partial charge in [-0.15, -0.1) is 0 Å². The predicted octanol–water partition coefficient (Wildman–Crippen LogP) is 2.40. The zero-order valence-corrected chi connectivity index (χ0v) is 19.5. The van der Waals surface area contributed by atoms with E-state index in [2.05, 4.69) is 5.32 Å². The number of thiocarbonyl (C=S) groups is 1. The van der Waals surface area contributed by atoms with E-state index in [4.69, 9.17) is 12.2 Å². The molecule has 0 amide bonds. The number of carbonyl (C=O) groups is 3. The van der Waals surface area contributed by atoms with Gasteiger partial charge in [-0.1, -0.05) is 24.4 Å². The van der Waals surface area contributed by atoms with Crippen molar-refractivity contribution in [1.82, 2.24) is 9.80 Å². The van der Waals surface area contributed by atoms with Gasteiger partial charge in [-0.2, -0.15) is 0 Å². The van der Waals surface area contributed by atoms with E-state index < -0.39 is 17.9 Å². The van der Waals surface area contributed by atoms with E-state index >= 15 is 0 Å². The normalized spacial score (nSPS) is 21.0. The van der Waals surface area contributed by atoms with Gasteiger partial charge in [0.25, 0.3) is 0 Å². The van der Waals surface area contributed by atoms with Crippen molar-refractivity contribution in [2.75, 3.05) is 38.0 Å². The SMILES string of the molecule is O=C(O)CC1CCCN(CC(=O)O)CC(Cc2ccc(NC=S)cc2)N(CC(=O)O)CCC1. The molecule has 1 aromatic rings. The first-order valence-electron chi connectivity index (χ1n) is 11.2. The van der Waals surface area contributed by atoms with Gasteiger partial charge >= 0.3 is 17.9 Å². The molecule has 0 bridgehead atoms. The second-order valence-electron chi connectivity index (χ2n) is 8.56. The molecule has 1 aliphatic heterocycles. The smallest absolute Gasteiger partial charge is 0.317 e. The van der Waals surface area contributed by atoms with Crippen LogP contribution < -0.4 is 5.32 Å². The molecule has 4 N–H and O–H groups in total. The van der Waals surface area contributed by atoms with Crippen molar-refractivity contribution < 1.29 is 29.7 Å². The molecule has 2 unspecified atom stereocenters. The highest BCUT2D eigenvalue weighted by Crippen LogP contribution is 2.22. The number of hydrogen-bond acceptors (Lipinski definition) is 6. The van der Waals surface area contributed by atoms with Crippen molar-refractivity contribution in [3.05, 3.63) is 29.8 Å². The molecule has 1 heterocycles. The molecular weight excluding hydrogens is 446 g/mol. The molecule has 2 atom stereocenters. The molecule has 10 heteroatoms. The van der Waals surface area contributed by atoms with Gasteiger partial charge in [0.15, 0.2) is 0 Å². The lowest BCUT2D eigenvalue weighted by Gasteiger charge is -2.34. The Morgan fingerprint density at radius 2 is 1.61 bits per heavy atom. The molecule has 0 aliphatic carbocycles. The number of aliphatic carboxylic acids is 3. The van der Waals surface area contributed by atoms with Crippen LogP contribution in [0.15, 0.2) is 24.3 Å². The zero-order valence-electron chi connectivity index (χ0n) is 18.7. The summed E-state index contributed by atoms with van der Waals surface area (Å²) in [4.78, 5) is 38.1. The van der Waals surface area contributed by atoms with Crippen LogP contribution in [0.25, 0.3) is 0 Å². The first-order valence-corrected chi connectivity index (χ1v) is 11.6. The third-order valence-corrected chi connectivity index (χ3v) is 6.06. The molecule has 1 aliphatic rings. The fourth-order valence-corrected chi connectivity index (χ4v) is 4.59. The monoisotopic (exact) mass is 479 g/mol. The van der Waals surface area contributed by atoms with Crippen LogP contribution in [0.4, 0.5) is 5.69 Å². The van der Waals surface area contributed by atoms with Crippen LogP contribution in [0.5, 0.6) is 0 Å². The molecule has 0 aromatic heterocycles. The Balaban J connectivity index is 2.26. The molecule has 0 saturated carbocycles. The minimum Gasteiger partial charge on any atom is -0.481 e. The van der Waals surface area contributed by atoms with Crippen LogP contribution in [0.3, 0.4) is 0 Å². The summed E-state index contributed by atoms with van der Waals surface area (Å²) in [6.45, 7) is 1.16. The number of rotatable bonds is 10. The Bertz CT molecular complexity index is 804. The highest BCUT2D eigenvalue weighted by atomic mass is 32.1. The quantitative estimate of drug-likeness (QED) is 0.371. The molecule has 1 aromatic carbocycles. The number of nitrogens with one attached hydrogen (secondary N) is 1. The Hall–Kier alpha value is -2.56. The number of carboxylic acids is 3. The van der Waals surface area contributed by atoms with Crippen LogP contribution in [0.2, 0.25) is 0 Å². The third-order valence-electron chi connectivity index (χ3n) is 5.94. The van der Waals surface area contributed by atoms with Crippen molar-refractivity contribution in [1.29, 1.82) is 0 Å². The summed E-state index contributed by atoms with van der Waals surface area (Å²) < 4.78 is 0. The molecule has 0 radical (unpaired) electrons. The maximum atomic E-state index is 11.6. The number of anilines is 1. The van der Waals surface area contributed by atoms with E-state index in [0.717, 1.165) is 11.3 Å². The summed E-state index contributed by atoms with van der Waals surface area (Å²) in [5.41, 5.74) is 3.30. The summed E-state index contributed by atoms with van der Waals surface area (Å²) in [6, 6.07) is 7.51. The first-order chi connectivity index (χ1) is 15.8. The van der Waals surface area contributed by atoms with Gasteiger partial charge in [0.2, 0.25) is 0 Å². The minimum atomic E-state index is -0.942. The van der Waals surface area contributed by atoms with Crippen LogP contribution in [0.1, 0.15) is 37.7 Å². The zero-order chi connectivity index (χ0) is 24.2. The average molecular weight is 480 g/mol. The second-order valence-corrected chi connectivity index (χ2v) is 8.79. The van der Waals surface area contributed by atoms with E-state index in [1.54, 1.807) is 0 Å². The molecule has 1 saturated heterocycles. The highest BCUT2D eigenvalue weighted by Gasteiger charge is 2.26. The average Bonchev–Trinajstić information content (AvgIpc) is 2.75. The van der Waals surface area contributed by atoms with Crippen LogP contribution in [-0.2, 0) is 20.8 Å². The van der Waals surface area contributed by atoms with Gasteiger partial charge in [0, 0.05) is 24.7 Å². The standard InChI is InChI=1S/C23H33N3O6S/c27-21(28)12-17-3-1-9-25(14-22(29)30)13-20(26(10-2-4-17)15-23(31)32)11-18-5-7-19(8-6-18)24-16-33/h5-8,16-17,20H,1-4,9-15H2,(H,24,33)(H,27,28)(H,29,30)(H,31,32). The maximum absolute atomic E-state index is 11.6. The van der Waals surface area contributed by atoms with Crippen molar-refractivity contribution in [2.24, 2.45) is 5.92 Å². The second kappa shape index (κ2) is 13.9. The number of carboxylic acid groups (broad SMARTS) is 3. The predicted molar refractivity (Wildman–Crippen MR) is 129 cm³/mol. The Morgan fingerprint density at radius 3 is 2.18 bits per heavy atom. The summed E-state index contributed by atoms with van der Waals surface area (Å²) in [5.74, 6) is -2.73. The van der Waals surface area contributed by atoms with Crippen LogP contribution in [0, 0.1) is 5.92 Å². The summed E-state index contributed by atoms with van der Waals surface area (Å²) in [7, 11) is 0. The van der Waals surface area contributed by atoms with Gasteiger partial charge in [-0.3, -0.25) is 24.2 Å². The van der Waals surface area contributed by atoms with Gasteiger partial charge in [0.1, 0.15) is 0 Å². The summed E-state index contributed by atoms with van der Waals surface area (Å²) >= 11 is 4.81. The van der Waals surface area contributed by atoms with E-state index in [1.165, 1.54) is 5.49 Å². The molecular formula is C23H33N3O6S. The molecule has 0 spiro atoms. The van der Waals surface area contributed by atoms with Gasteiger partial charge in [-0.05, 0) is 68.8 Å². The molecule has 182 valence electrons. The minimum absolute atomic E-state index is 0.00126. The lowest BCUT2D eigenvalue weighted by molar-refractivity contribution is -0.141. The van der Waals surface area contributed by atoms with E-state index in [9.17, 15) is 29.7 Å². The number of hydrogen-bond donors (Lipinski definition) is 4. The lowest BCUT2D eigenvalue weighted by Crippen LogP contribution is -2.48. The Morgan fingerprint density at radius 1 is 0.970 bits per heavy atom. The van der Waals surface area contributed by atoms with Gasteiger partial charge in [0.05, 0.1) is 18.6 Å². The largest absolute Gasteiger partial charge is 0.481 e. The summed E-state index contributed by atoms with van der Waals surface area (Å²) in [6.07, 6.45) is 3.45. The van der Waals surface area contributed by atoms with E-state index in [1.807, 2.05) is 34.1 Å². The van der Waals surface area contributed by atoms with Gasteiger partial charge < -0.3 is 20.6 Å². The van der Waals surface area contributed by atoms with Gasteiger partial charge in [-0.25, -0.2) is 0 Å². The van der Waals surface area contributed by atoms with Crippen molar-refractivity contribution in [2.45, 2.75) is 44.6 Å². The molecule has 1 fully saturated rings. The number of nitrogens with zero attached hydrogens (tertiary/aromatic N) is 2. The fourth-order valence-electron chi connectivity index (χ4n) is 4.46. The van der Waals surface area contributed by atoms with Crippen molar-refractivity contribution in [3.8, 4) is 0 Å². The fraction of sp³-hybridized carbons (Fsp3) is 0.565. The van der Waals surface area contributed by atoms with Crippen molar-refractivity contribution in [3.63, 3.8) is 0 Å². The lowest BCUT2D eigenvalue weighted by atomic mass is 9.94. The Kier molecular flexibility index (Phi) is 11.2. The van der Waals surface area contributed by atoms with Crippen molar-refractivity contribution >= 4 is 41.3 Å². The van der Waals surface area contributed by atoms with Crippen LogP contribution >= 0.6 is 12.2 Å². The molecule has 33 heavy (non-hydrogen) atoms. The van der Waals surface area contributed by atoms with E-state index in [-0.39, 0.29) is 31.5 Å².